The molecule has 2 aromatic carbocycles. The number of ether oxygens (including phenoxy) is 1. The van der Waals surface area contributed by atoms with Crippen LogP contribution in [0, 0.1) is 0 Å². The first kappa shape index (κ1) is 18.7. The predicted octanol–water partition coefficient (Wildman–Crippen LogP) is 3.49. The molecule has 4 rings (SSSR count). The van der Waals surface area contributed by atoms with Gasteiger partial charge in [-0.25, -0.2) is 0 Å². The second-order valence-electron chi connectivity index (χ2n) is 6.57. The second-order valence-corrected chi connectivity index (χ2v) is 7.48. The van der Waals surface area contributed by atoms with E-state index in [1.807, 2.05) is 12.1 Å². The van der Waals surface area contributed by atoms with Crippen LogP contribution in [0.2, 0.25) is 0 Å². The Morgan fingerprint density at radius 3 is 2.61 bits per heavy atom. The summed E-state index contributed by atoms with van der Waals surface area (Å²) in [5.74, 6) is 0.412. The Labute approximate surface area is 169 Å². The third kappa shape index (κ3) is 3.00. The molecular formula is C21H18BrNO5. The molecule has 0 radical (unpaired) electrons. The van der Waals surface area contributed by atoms with Crippen LogP contribution in [0.25, 0.3) is 11.0 Å². The molecule has 0 saturated heterocycles. The first-order chi connectivity index (χ1) is 13.5. The molecular weight excluding hydrogens is 426 g/mol. The minimum absolute atomic E-state index is 0.0498. The van der Waals surface area contributed by atoms with Crippen LogP contribution in [0.5, 0.6) is 5.75 Å². The van der Waals surface area contributed by atoms with Gasteiger partial charge in [-0.1, -0.05) is 28.1 Å². The highest BCUT2D eigenvalue weighted by Crippen LogP contribution is 2.38. The lowest BCUT2D eigenvalue weighted by atomic mass is 9.98. The van der Waals surface area contributed by atoms with Crippen molar-refractivity contribution in [3.63, 3.8) is 0 Å². The molecule has 0 aliphatic carbocycles. The van der Waals surface area contributed by atoms with Gasteiger partial charge in [0.1, 0.15) is 11.3 Å². The summed E-state index contributed by atoms with van der Waals surface area (Å²) in [4.78, 5) is 27.9. The van der Waals surface area contributed by atoms with Crippen LogP contribution >= 0.6 is 15.9 Å². The zero-order valence-corrected chi connectivity index (χ0v) is 16.7. The molecule has 0 saturated carbocycles. The molecule has 1 aliphatic rings. The van der Waals surface area contributed by atoms with Crippen molar-refractivity contribution in [2.45, 2.75) is 12.5 Å². The number of fused-ring (bicyclic) bond motifs is 2. The van der Waals surface area contributed by atoms with E-state index in [1.54, 1.807) is 42.3 Å². The molecule has 0 spiro atoms. The second kappa shape index (κ2) is 7.41. The minimum Gasteiger partial charge on any atom is -0.497 e. The van der Waals surface area contributed by atoms with Crippen LogP contribution in [0.15, 0.2) is 56.1 Å². The highest BCUT2D eigenvalue weighted by atomic mass is 79.9. The number of hydrogen-bond acceptors (Lipinski definition) is 5. The van der Waals surface area contributed by atoms with Crippen LogP contribution in [0.3, 0.4) is 0 Å². The van der Waals surface area contributed by atoms with Crippen LogP contribution in [0.4, 0.5) is 0 Å². The Balaban J connectivity index is 1.94. The summed E-state index contributed by atoms with van der Waals surface area (Å²) in [7, 11) is 1.58. The number of rotatable bonds is 5. The van der Waals surface area contributed by atoms with E-state index in [4.69, 9.17) is 9.15 Å². The van der Waals surface area contributed by atoms with E-state index in [0.717, 1.165) is 10.0 Å². The van der Waals surface area contributed by atoms with Crippen molar-refractivity contribution in [2.75, 3.05) is 20.3 Å². The fourth-order valence-corrected chi connectivity index (χ4v) is 3.96. The molecule has 1 aromatic heterocycles. The van der Waals surface area contributed by atoms with Gasteiger partial charge in [0.15, 0.2) is 5.43 Å². The zero-order valence-electron chi connectivity index (χ0n) is 15.1. The van der Waals surface area contributed by atoms with Gasteiger partial charge in [0, 0.05) is 17.6 Å². The van der Waals surface area contributed by atoms with E-state index < -0.39 is 6.04 Å². The van der Waals surface area contributed by atoms with E-state index in [-0.39, 0.29) is 23.7 Å². The summed E-state index contributed by atoms with van der Waals surface area (Å²) >= 11 is 3.38. The largest absolute Gasteiger partial charge is 0.497 e. The first-order valence-corrected chi connectivity index (χ1v) is 9.66. The van der Waals surface area contributed by atoms with Crippen molar-refractivity contribution in [1.82, 2.24) is 4.90 Å². The number of aliphatic hydroxyl groups is 1. The number of halogens is 1. The van der Waals surface area contributed by atoms with Gasteiger partial charge in [-0.2, -0.15) is 0 Å². The predicted molar refractivity (Wildman–Crippen MR) is 108 cm³/mol. The molecule has 0 unspecified atom stereocenters. The third-order valence-corrected chi connectivity index (χ3v) is 5.41. The summed E-state index contributed by atoms with van der Waals surface area (Å²) in [5.41, 5.74) is 1.27. The highest BCUT2D eigenvalue weighted by Gasteiger charge is 2.42. The molecule has 3 aromatic rings. The minimum atomic E-state index is -0.570. The van der Waals surface area contributed by atoms with E-state index in [9.17, 15) is 14.7 Å². The van der Waals surface area contributed by atoms with Crippen LogP contribution in [-0.2, 0) is 0 Å². The van der Waals surface area contributed by atoms with Gasteiger partial charge in [-0.05, 0) is 42.3 Å². The Bertz CT molecular complexity index is 1110. The van der Waals surface area contributed by atoms with E-state index in [0.29, 0.717) is 35.2 Å². The smallest absolute Gasteiger partial charge is 0.290 e. The van der Waals surface area contributed by atoms with Gasteiger partial charge in [0.05, 0.1) is 24.1 Å². The average molecular weight is 444 g/mol. The number of carbonyl (C=O) groups is 1. The van der Waals surface area contributed by atoms with Crippen LogP contribution in [0.1, 0.15) is 34.1 Å². The standard InChI is InChI=1S/C21H18BrNO5/c1-27-14-6-3-12(4-7-14)18-17-19(25)15-11-13(22)5-8-16(15)28-20(17)21(26)23(18)9-2-10-24/h3-8,11,18,24H,2,9-10H2,1H3/t18-/m0/s1. The molecule has 2 heterocycles. The van der Waals surface area contributed by atoms with Gasteiger partial charge in [0.25, 0.3) is 5.91 Å². The van der Waals surface area contributed by atoms with Gasteiger partial charge >= 0.3 is 0 Å². The molecule has 0 fully saturated rings. The summed E-state index contributed by atoms with van der Waals surface area (Å²) < 4.78 is 11.8. The molecule has 1 N–H and O–H groups in total. The lowest BCUT2D eigenvalue weighted by Gasteiger charge is -2.25. The normalized spacial score (nSPS) is 15.9. The molecule has 6 nitrogen and oxygen atoms in total. The summed E-state index contributed by atoms with van der Waals surface area (Å²) in [6.07, 6.45) is 0.408. The van der Waals surface area contributed by atoms with E-state index in [2.05, 4.69) is 15.9 Å². The number of aliphatic hydroxyl groups excluding tert-OH is 1. The molecule has 1 atom stereocenters. The van der Waals surface area contributed by atoms with Crippen LogP contribution in [-0.4, -0.2) is 36.2 Å². The summed E-state index contributed by atoms with van der Waals surface area (Å²) in [6.45, 7) is 0.265. The Morgan fingerprint density at radius 1 is 1.18 bits per heavy atom. The van der Waals surface area contributed by atoms with Crippen molar-refractivity contribution in [1.29, 1.82) is 0 Å². The number of benzene rings is 2. The summed E-state index contributed by atoms with van der Waals surface area (Å²) in [5, 5.41) is 9.67. The number of nitrogens with zero attached hydrogens (tertiary/aromatic N) is 1. The quantitative estimate of drug-likeness (QED) is 0.652. The lowest BCUT2D eigenvalue weighted by Crippen LogP contribution is -2.31. The van der Waals surface area contributed by atoms with E-state index in [1.165, 1.54) is 0 Å². The number of hydrogen-bond donors (Lipinski definition) is 1. The number of amides is 1. The van der Waals surface area contributed by atoms with Crippen molar-refractivity contribution in [3.05, 3.63) is 74.0 Å². The highest BCUT2D eigenvalue weighted by molar-refractivity contribution is 9.10. The Kier molecular flexibility index (Phi) is 4.95. The van der Waals surface area contributed by atoms with Gasteiger partial charge in [0.2, 0.25) is 5.76 Å². The Morgan fingerprint density at radius 2 is 1.93 bits per heavy atom. The molecule has 1 aliphatic heterocycles. The number of methoxy groups -OCH3 is 1. The fourth-order valence-electron chi connectivity index (χ4n) is 3.60. The maximum atomic E-state index is 13.3. The van der Waals surface area contributed by atoms with Gasteiger partial charge < -0.3 is 19.2 Å². The lowest BCUT2D eigenvalue weighted by molar-refractivity contribution is 0.0716. The fraction of sp³-hybridized carbons (Fsp3) is 0.238. The zero-order chi connectivity index (χ0) is 19.8. The van der Waals surface area contributed by atoms with Gasteiger partial charge in [-0.3, -0.25) is 9.59 Å². The Hall–Kier alpha value is -2.64. The summed E-state index contributed by atoms with van der Waals surface area (Å²) in [6, 6.07) is 11.8. The van der Waals surface area contributed by atoms with E-state index >= 15 is 0 Å². The SMILES string of the molecule is COc1ccc([C@H]2c3c(oc4ccc(Br)cc4c3=O)C(=O)N2CCCO)cc1. The maximum Gasteiger partial charge on any atom is 0.290 e. The molecule has 144 valence electrons. The topological polar surface area (TPSA) is 80.0 Å². The molecule has 28 heavy (non-hydrogen) atoms. The maximum absolute atomic E-state index is 13.3. The van der Waals surface area contributed by atoms with Crippen molar-refractivity contribution in [2.24, 2.45) is 0 Å². The third-order valence-electron chi connectivity index (χ3n) is 4.92. The molecule has 0 bridgehead atoms. The van der Waals surface area contributed by atoms with Crippen molar-refractivity contribution in [3.8, 4) is 5.75 Å². The first-order valence-electron chi connectivity index (χ1n) is 8.87. The number of carbonyl (C=O) groups excluding carboxylic acids is 1. The monoisotopic (exact) mass is 443 g/mol. The van der Waals surface area contributed by atoms with Crippen molar-refractivity contribution >= 4 is 32.8 Å². The van der Waals surface area contributed by atoms with Crippen LogP contribution < -0.4 is 10.2 Å². The van der Waals surface area contributed by atoms with Gasteiger partial charge in [-0.15, -0.1) is 0 Å². The molecule has 7 heteroatoms. The van der Waals surface area contributed by atoms with Crippen molar-refractivity contribution < 1.29 is 19.1 Å². The molecule has 1 amide bonds. The average Bonchev–Trinajstić information content (AvgIpc) is 2.99.